The van der Waals surface area contributed by atoms with Crippen LogP contribution in [0.3, 0.4) is 0 Å². The summed E-state index contributed by atoms with van der Waals surface area (Å²) in [6.45, 7) is 0. The van der Waals surface area contributed by atoms with Gasteiger partial charge in [-0.1, -0.05) is 19.6 Å². The molecule has 0 saturated carbocycles. The van der Waals surface area contributed by atoms with Crippen LogP contribution in [0.4, 0.5) is 11.4 Å². The third-order valence-corrected chi connectivity index (χ3v) is 1.23. The minimum atomic E-state index is 0. The fraction of sp³-hybridized carbons (Fsp3) is 0.250. The first-order valence-electron chi connectivity index (χ1n) is 2.87. The second-order valence-corrected chi connectivity index (χ2v) is 1.84. The van der Waals surface area contributed by atoms with Crippen molar-refractivity contribution in [3.8, 4) is 0 Å². The van der Waals surface area contributed by atoms with Crippen molar-refractivity contribution in [3.63, 3.8) is 0 Å². The average Bonchev–Trinajstić information content (AvgIpc) is 1.89. The second kappa shape index (κ2) is 3.77. The number of benzene rings is 1. The van der Waals surface area contributed by atoms with Gasteiger partial charge in [0.25, 0.3) is 0 Å². The van der Waals surface area contributed by atoms with Crippen LogP contribution in [0.2, 0.25) is 0 Å². The summed E-state index contributed by atoms with van der Waals surface area (Å²) < 4.78 is 0. The zero-order valence-electron chi connectivity index (χ0n) is 5.39. The quantitative estimate of drug-likeness (QED) is 0.582. The van der Waals surface area contributed by atoms with E-state index in [1.54, 1.807) is 0 Å². The van der Waals surface area contributed by atoms with Crippen molar-refractivity contribution < 1.29 is 0 Å². The van der Waals surface area contributed by atoms with Crippen LogP contribution in [0.25, 0.3) is 0 Å². The van der Waals surface area contributed by atoms with Crippen LogP contribution in [-0.4, -0.2) is 7.05 Å². The minimum absolute atomic E-state index is 0. The molecule has 3 N–H and O–H groups in total. The van der Waals surface area contributed by atoms with Crippen molar-refractivity contribution >= 4 is 11.4 Å². The molecule has 0 spiro atoms. The number of nitrogens with one attached hydrogen (secondary N) is 1. The molecule has 0 bridgehead atoms. The maximum absolute atomic E-state index is 5.57. The SMILES string of the molecule is C.CNc1ccccc1N. The minimum Gasteiger partial charge on any atom is -0.397 e. The average molecular weight is 138 g/mol. The molecule has 0 aromatic heterocycles. The van der Waals surface area contributed by atoms with Gasteiger partial charge in [-0.2, -0.15) is 0 Å². The molecule has 2 heteroatoms. The van der Waals surface area contributed by atoms with E-state index >= 15 is 0 Å². The topological polar surface area (TPSA) is 38.0 Å². The van der Waals surface area contributed by atoms with E-state index in [2.05, 4.69) is 5.32 Å². The number of hydrogen-bond acceptors (Lipinski definition) is 2. The van der Waals surface area contributed by atoms with Gasteiger partial charge < -0.3 is 11.1 Å². The predicted octanol–water partition coefficient (Wildman–Crippen LogP) is 1.95. The normalized spacial score (nSPS) is 8.10. The Morgan fingerprint density at radius 2 is 1.90 bits per heavy atom. The molecule has 0 amide bonds. The molecule has 56 valence electrons. The Balaban J connectivity index is 0.000000810. The van der Waals surface area contributed by atoms with Gasteiger partial charge in [0.2, 0.25) is 0 Å². The fourth-order valence-electron chi connectivity index (χ4n) is 0.725. The maximum Gasteiger partial charge on any atom is 0.0571 e. The molecular weight excluding hydrogens is 124 g/mol. The number of para-hydroxylation sites is 2. The van der Waals surface area contributed by atoms with Gasteiger partial charge in [-0.3, -0.25) is 0 Å². The Kier molecular flexibility index (Phi) is 3.33. The van der Waals surface area contributed by atoms with Crippen molar-refractivity contribution in [2.75, 3.05) is 18.1 Å². The number of nitrogens with two attached hydrogens (primary N) is 1. The summed E-state index contributed by atoms with van der Waals surface area (Å²) in [7, 11) is 1.85. The summed E-state index contributed by atoms with van der Waals surface area (Å²) in [5.74, 6) is 0. The number of rotatable bonds is 1. The summed E-state index contributed by atoms with van der Waals surface area (Å²) >= 11 is 0. The van der Waals surface area contributed by atoms with Crippen molar-refractivity contribution in [3.05, 3.63) is 24.3 Å². The Bertz CT molecular complexity index is 196. The van der Waals surface area contributed by atoms with Gasteiger partial charge in [-0.15, -0.1) is 0 Å². The maximum atomic E-state index is 5.57. The Morgan fingerprint density at radius 3 is 2.30 bits per heavy atom. The smallest absolute Gasteiger partial charge is 0.0571 e. The Morgan fingerprint density at radius 1 is 1.30 bits per heavy atom. The van der Waals surface area contributed by atoms with Gasteiger partial charge in [0.1, 0.15) is 0 Å². The van der Waals surface area contributed by atoms with Crippen molar-refractivity contribution in [1.82, 2.24) is 0 Å². The summed E-state index contributed by atoms with van der Waals surface area (Å²) in [6.07, 6.45) is 0. The van der Waals surface area contributed by atoms with Crippen LogP contribution in [-0.2, 0) is 0 Å². The highest BCUT2D eigenvalue weighted by molar-refractivity contribution is 5.65. The first kappa shape index (κ1) is 8.82. The molecule has 0 heterocycles. The molecule has 1 aromatic carbocycles. The molecule has 0 radical (unpaired) electrons. The van der Waals surface area contributed by atoms with E-state index in [-0.39, 0.29) is 7.43 Å². The molecule has 1 rings (SSSR count). The number of nitrogen functional groups attached to an aromatic ring is 1. The van der Waals surface area contributed by atoms with E-state index in [4.69, 9.17) is 5.73 Å². The highest BCUT2D eigenvalue weighted by Crippen LogP contribution is 2.14. The summed E-state index contributed by atoms with van der Waals surface area (Å²) in [5, 5.41) is 2.97. The predicted molar refractivity (Wildman–Crippen MR) is 47.1 cm³/mol. The largest absolute Gasteiger partial charge is 0.397 e. The van der Waals surface area contributed by atoms with E-state index in [1.807, 2.05) is 31.3 Å². The van der Waals surface area contributed by atoms with Crippen LogP contribution < -0.4 is 11.1 Å². The van der Waals surface area contributed by atoms with Gasteiger partial charge in [-0.25, -0.2) is 0 Å². The lowest BCUT2D eigenvalue weighted by Gasteiger charge is -2.01. The van der Waals surface area contributed by atoms with Crippen LogP contribution in [0.5, 0.6) is 0 Å². The molecular formula is C8H14N2. The van der Waals surface area contributed by atoms with Crippen molar-refractivity contribution in [1.29, 1.82) is 0 Å². The lowest BCUT2D eigenvalue weighted by molar-refractivity contribution is 1.51. The third-order valence-electron chi connectivity index (χ3n) is 1.23. The lowest BCUT2D eigenvalue weighted by Crippen LogP contribution is -1.93. The van der Waals surface area contributed by atoms with E-state index in [0.29, 0.717) is 0 Å². The van der Waals surface area contributed by atoms with Crippen molar-refractivity contribution in [2.24, 2.45) is 0 Å². The first-order chi connectivity index (χ1) is 4.34. The zero-order chi connectivity index (χ0) is 6.69. The molecule has 1 aromatic rings. The second-order valence-electron chi connectivity index (χ2n) is 1.84. The van der Waals surface area contributed by atoms with E-state index < -0.39 is 0 Å². The van der Waals surface area contributed by atoms with Crippen LogP contribution in [0.15, 0.2) is 24.3 Å². The lowest BCUT2D eigenvalue weighted by atomic mass is 10.3. The van der Waals surface area contributed by atoms with E-state index in [9.17, 15) is 0 Å². The highest BCUT2D eigenvalue weighted by Gasteiger charge is 1.89. The third kappa shape index (κ3) is 1.65. The number of hydrogen-bond donors (Lipinski definition) is 2. The van der Waals surface area contributed by atoms with Crippen LogP contribution in [0, 0.1) is 0 Å². The van der Waals surface area contributed by atoms with Gasteiger partial charge >= 0.3 is 0 Å². The first-order valence-corrected chi connectivity index (χ1v) is 2.87. The molecule has 2 nitrogen and oxygen atoms in total. The Hall–Kier alpha value is -1.18. The highest BCUT2D eigenvalue weighted by atomic mass is 14.8. The van der Waals surface area contributed by atoms with Gasteiger partial charge in [0.15, 0.2) is 0 Å². The number of anilines is 2. The van der Waals surface area contributed by atoms with Gasteiger partial charge in [0.05, 0.1) is 11.4 Å². The molecule has 0 unspecified atom stereocenters. The summed E-state index contributed by atoms with van der Waals surface area (Å²) in [6, 6.07) is 7.67. The Labute approximate surface area is 62.1 Å². The summed E-state index contributed by atoms with van der Waals surface area (Å²) in [4.78, 5) is 0. The zero-order valence-corrected chi connectivity index (χ0v) is 5.39. The molecule has 0 aliphatic heterocycles. The van der Waals surface area contributed by atoms with Crippen molar-refractivity contribution in [2.45, 2.75) is 7.43 Å². The van der Waals surface area contributed by atoms with Gasteiger partial charge in [-0.05, 0) is 12.1 Å². The van der Waals surface area contributed by atoms with Crippen LogP contribution in [0.1, 0.15) is 7.43 Å². The molecule has 0 fully saturated rings. The standard InChI is InChI=1S/C7H10N2.CH4/c1-9-7-5-3-2-4-6(7)8;/h2-5,9H,8H2,1H3;1H4. The van der Waals surface area contributed by atoms with E-state index in [1.165, 1.54) is 0 Å². The molecule has 0 atom stereocenters. The molecule has 10 heavy (non-hydrogen) atoms. The molecule has 0 aliphatic carbocycles. The van der Waals surface area contributed by atoms with Crippen LogP contribution >= 0.6 is 0 Å². The van der Waals surface area contributed by atoms with Gasteiger partial charge in [0, 0.05) is 7.05 Å². The molecule has 0 aliphatic rings. The monoisotopic (exact) mass is 138 g/mol. The summed E-state index contributed by atoms with van der Waals surface area (Å²) in [5.41, 5.74) is 7.34. The van der Waals surface area contributed by atoms with E-state index in [0.717, 1.165) is 11.4 Å². The fourth-order valence-corrected chi connectivity index (χ4v) is 0.725. The molecule has 0 saturated heterocycles.